The van der Waals surface area contributed by atoms with Crippen LogP contribution >= 0.6 is 0 Å². The van der Waals surface area contributed by atoms with Crippen molar-refractivity contribution in [2.45, 2.75) is 12.7 Å². The van der Waals surface area contributed by atoms with Gasteiger partial charge in [0, 0.05) is 73.3 Å². The lowest BCUT2D eigenvalue weighted by Gasteiger charge is -2.33. The number of pyridine rings is 2. The van der Waals surface area contributed by atoms with Crippen LogP contribution in [0.2, 0.25) is 0 Å². The fourth-order valence-corrected chi connectivity index (χ4v) is 4.58. The van der Waals surface area contributed by atoms with Crippen molar-refractivity contribution in [1.29, 1.82) is 0 Å². The van der Waals surface area contributed by atoms with E-state index in [2.05, 4.69) is 32.0 Å². The summed E-state index contributed by atoms with van der Waals surface area (Å²) in [6.45, 7) is 3.20. The van der Waals surface area contributed by atoms with Crippen LogP contribution in [0.5, 0.6) is 0 Å². The number of aromatic nitrogens is 2. The van der Waals surface area contributed by atoms with Gasteiger partial charge in [0.15, 0.2) is 0 Å². The summed E-state index contributed by atoms with van der Waals surface area (Å²) in [4.78, 5) is 25.4. The summed E-state index contributed by atoms with van der Waals surface area (Å²) in [5.41, 5.74) is 6.67. The van der Waals surface area contributed by atoms with E-state index in [0.717, 1.165) is 29.9 Å². The highest BCUT2D eigenvalue weighted by Crippen LogP contribution is 2.34. The molecule has 1 amide bonds. The van der Waals surface area contributed by atoms with Gasteiger partial charge in [-0.2, -0.15) is 13.2 Å². The summed E-state index contributed by atoms with van der Waals surface area (Å²) >= 11 is 0. The molecule has 0 atom stereocenters. The van der Waals surface area contributed by atoms with Gasteiger partial charge < -0.3 is 16.0 Å². The van der Waals surface area contributed by atoms with E-state index < -0.39 is 17.6 Å². The van der Waals surface area contributed by atoms with Crippen molar-refractivity contribution in [3.63, 3.8) is 0 Å². The van der Waals surface area contributed by atoms with Gasteiger partial charge in [-0.1, -0.05) is 42.2 Å². The van der Waals surface area contributed by atoms with Crippen molar-refractivity contribution in [3.05, 3.63) is 94.9 Å². The van der Waals surface area contributed by atoms with Gasteiger partial charge in [-0.3, -0.25) is 14.7 Å². The third-order valence-electron chi connectivity index (χ3n) is 6.82. The smallest absolute Gasteiger partial charge is 0.383 e. The van der Waals surface area contributed by atoms with Crippen LogP contribution in [0.4, 0.5) is 24.7 Å². The molecule has 0 bridgehead atoms. The van der Waals surface area contributed by atoms with Crippen LogP contribution < -0.4 is 11.1 Å². The third-order valence-corrected chi connectivity index (χ3v) is 6.82. The maximum atomic E-state index is 13.9. The number of nitrogens with one attached hydrogen (secondary N) is 1. The van der Waals surface area contributed by atoms with E-state index in [1.807, 2.05) is 36.2 Å². The number of fused-ring (bicyclic) bond motifs is 1. The number of nitrogens with two attached hydrogens (primary N) is 1. The highest BCUT2D eigenvalue weighted by molar-refractivity contribution is 6.04. The van der Waals surface area contributed by atoms with Crippen LogP contribution in [0.3, 0.4) is 0 Å². The number of halogens is 3. The van der Waals surface area contributed by atoms with Gasteiger partial charge in [0.25, 0.3) is 5.91 Å². The molecule has 204 valence electrons. The fraction of sp³-hybridized carbons (Fsp3) is 0.233. The summed E-state index contributed by atoms with van der Waals surface area (Å²) in [5.74, 6) is 5.66. The van der Waals surface area contributed by atoms with Gasteiger partial charge in [-0.25, -0.2) is 4.98 Å². The number of carbonyl (C=O) groups excluding carboxylic acids is 1. The summed E-state index contributed by atoms with van der Waals surface area (Å²) in [6, 6.07) is 13.0. The van der Waals surface area contributed by atoms with Crippen molar-refractivity contribution in [3.8, 4) is 11.8 Å². The Kier molecular flexibility index (Phi) is 7.69. The Bertz CT molecular complexity index is 1620. The molecule has 1 saturated heterocycles. The maximum Gasteiger partial charge on any atom is 0.416 e. The molecule has 4 aromatic rings. The van der Waals surface area contributed by atoms with Crippen molar-refractivity contribution < 1.29 is 18.0 Å². The first-order valence-corrected chi connectivity index (χ1v) is 12.7. The van der Waals surface area contributed by atoms with E-state index >= 15 is 0 Å². The molecular formula is C30H27F3N6O. The predicted octanol–water partition coefficient (Wildman–Crippen LogP) is 4.63. The van der Waals surface area contributed by atoms with Crippen molar-refractivity contribution in [2.24, 2.45) is 0 Å². The number of likely N-dealkylation sites (N-methyl/N-ethyl adjacent to an activating group) is 1. The number of alkyl halides is 3. The second-order valence-corrected chi connectivity index (χ2v) is 9.72. The summed E-state index contributed by atoms with van der Waals surface area (Å²) < 4.78 is 41.8. The number of anilines is 2. The van der Waals surface area contributed by atoms with E-state index in [1.54, 1.807) is 6.20 Å². The number of amides is 1. The molecule has 0 aliphatic carbocycles. The van der Waals surface area contributed by atoms with Crippen molar-refractivity contribution >= 4 is 28.2 Å². The average molecular weight is 545 g/mol. The van der Waals surface area contributed by atoms with Gasteiger partial charge in [0.05, 0.1) is 16.7 Å². The third kappa shape index (κ3) is 6.22. The Balaban J connectivity index is 1.35. The molecule has 3 N–H and O–H groups in total. The zero-order chi connectivity index (χ0) is 28.3. The molecule has 0 spiro atoms. The number of benzene rings is 2. The quantitative estimate of drug-likeness (QED) is 0.365. The molecule has 1 fully saturated rings. The number of piperazine rings is 1. The Labute approximate surface area is 229 Å². The van der Waals surface area contributed by atoms with Gasteiger partial charge in [-0.05, 0) is 30.8 Å². The molecule has 0 unspecified atom stereocenters. The first-order valence-electron chi connectivity index (χ1n) is 12.7. The molecule has 10 heteroatoms. The summed E-state index contributed by atoms with van der Waals surface area (Å²) in [7, 11) is 1.99. The lowest BCUT2D eigenvalue weighted by molar-refractivity contribution is -0.138. The molecule has 0 saturated carbocycles. The second-order valence-electron chi connectivity index (χ2n) is 9.72. The van der Waals surface area contributed by atoms with E-state index in [-0.39, 0.29) is 29.2 Å². The largest absolute Gasteiger partial charge is 0.416 e. The van der Waals surface area contributed by atoms with Crippen LogP contribution in [0.15, 0.2) is 67.1 Å². The van der Waals surface area contributed by atoms with E-state index in [0.29, 0.717) is 24.2 Å². The molecule has 2 aromatic heterocycles. The molecule has 7 nitrogen and oxygen atoms in total. The molecular weight excluding hydrogens is 517 g/mol. The standard InChI is InChI=1S/C30H27F3N6O/c1-38-10-12-39(13-11-38)19-22-7-8-24(15-27(22)30(31,32)33)37-29(40)23-14-20(16-35-17-23)6-9-26-25-5-3-2-4-21(25)18-36-28(26)34/h2-5,7-8,14-18H,10-13,19H2,1H3,(H2,34,36)(H,37,40). The van der Waals surface area contributed by atoms with Gasteiger partial charge in [0.2, 0.25) is 0 Å². The van der Waals surface area contributed by atoms with Gasteiger partial charge >= 0.3 is 6.18 Å². The number of carbonyl (C=O) groups is 1. The molecule has 0 radical (unpaired) electrons. The van der Waals surface area contributed by atoms with Crippen LogP contribution in [-0.4, -0.2) is 58.9 Å². The zero-order valence-electron chi connectivity index (χ0n) is 21.8. The highest BCUT2D eigenvalue weighted by Gasteiger charge is 2.34. The first-order chi connectivity index (χ1) is 19.2. The molecule has 1 aliphatic rings. The van der Waals surface area contributed by atoms with Gasteiger partial charge in [-0.15, -0.1) is 0 Å². The maximum absolute atomic E-state index is 13.9. The lowest BCUT2D eigenvalue weighted by Crippen LogP contribution is -2.44. The monoisotopic (exact) mass is 544 g/mol. The Morgan fingerprint density at radius 3 is 2.58 bits per heavy atom. The summed E-state index contributed by atoms with van der Waals surface area (Å²) in [5, 5.41) is 4.30. The second kappa shape index (κ2) is 11.3. The van der Waals surface area contributed by atoms with Crippen molar-refractivity contribution in [2.75, 3.05) is 44.3 Å². The average Bonchev–Trinajstić information content (AvgIpc) is 2.94. The minimum atomic E-state index is -4.56. The number of hydrogen-bond donors (Lipinski definition) is 2. The van der Waals surface area contributed by atoms with E-state index in [4.69, 9.17) is 5.73 Å². The number of rotatable bonds is 4. The Morgan fingerprint density at radius 2 is 1.80 bits per heavy atom. The van der Waals surface area contributed by atoms with E-state index in [9.17, 15) is 18.0 Å². The SMILES string of the molecule is CN1CCN(Cc2ccc(NC(=O)c3cncc(C#Cc4c(N)ncc5ccccc45)c3)cc2C(F)(F)F)CC1. The number of hydrogen-bond acceptors (Lipinski definition) is 6. The molecule has 5 rings (SSSR count). The molecule has 1 aliphatic heterocycles. The van der Waals surface area contributed by atoms with E-state index in [1.165, 1.54) is 30.6 Å². The van der Waals surface area contributed by atoms with Crippen LogP contribution in [-0.2, 0) is 12.7 Å². The molecule has 2 aromatic carbocycles. The number of nitrogens with zero attached hydrogens (tertiary/aromatic N) is 4. The Hall–Kier alpha value is -4.46. The predicted molar refractivity (Wildman–Crippen MR) is 149 cm³/mol. The lowest BCUT2D eigenvalue weighted by atomic mass is 10.0. The number of nitrogen functional groups attached to an aromatic ring is 1. The fourth-order valence-electron chi connectivity index (χ4n) is 4.58. The van der Waals surface area contributed by atoms with Crippen LogP contribution in [0.25, 0.3) is 10.8 Å². The minimum absolute atomic E-state index is 0.0468. The molecule has 40 heavy (non-hydrogen) atoms. The summed E-state index contributed by atoms with van der Waals surface area (Å²) in [6.07, 6.45) is -0.0578. The highest BCUT2D eigenvalue weighted by atomic mass is 19.4. The zero-order valence-corrected chi connectivity index (χ0v) is 21.8. The van der Waals surface area contributed by atoms with Crippen LogP contribution in [0, 0.1) is 11.8 Å². The topological polar surface area (TPSA) is 87.4 Å². The molecule has 3 heterocycles. The minimum Gasteiger partial charge on any atom is -0.383 e. The normalized spacial score (nSPS) is 14.5. The Morgan fingerprint density at radius 1 is 1.02 bits per heavy atom. The first kappa shape index (κ1) is 27.1. The van der Waals surface area contributed by atoms with Crippen LogP contribution in [0.1, 0.15) is 32.6 Å². The van der Waals surface area contributed by atoms with Crippen molar-refractivity contribution in [1.82, 2.24) is 19.8 Å². The van der Waals surface area contributed by atoms with Gasteiger partial charge in [0.1, 0.15) is 5.82 Å².